The van der Waals surface area contributed by atoms with E-state index in [0.717, 1.165) is 32.0 Å². The molecule has 0 unspecified atom stereocenters. The van der Waals surface area contributed by atoms with E-state index < -0.39 is 0 Å². The van der Waals surface area contributed by atoms with E-state index in [0.29, 0.717) is 6.54 Å². The van der Waals surface area contributed by atoms with Crippen LogP contribution in [0.4, 0.5) is 0 Å². The second kappa shape index (κ2) is 5.12. The third-order valence-electron chi connectivity index (χ3n) is 2.54. The lowest BCUT2D eigenvalue weighted by Gasteiger charge is -1.91. The molecule has 0 amide bonds. The van der Waals surface area contributed by atoms with Gasteiger partial charge in [0.2, 0.25) is 0 Å². The second-order valence-electron chi connectivity index (χ2n) is 3.85. The summed E-state index contributed by atoms with van der Waals surface area (Å²) in [6.07, 6.45) is 5.04. The fraction of sp³-hybridized carbons (Fsp3) is 0.167. The van der Waals surface area contributed by atoms with Crippen LogP contribution >= 0.6 is 22.7 Å². The van der Waals surface area contributed by atoms with Gasteiger partial charge in [0, 0.05) is 24.3 Å². The highest BCUT2D eigenvalue weighted by atomic mass is 32.1. The van der Waals surface area contributed by atoms with Gasteiger partial charge in [0.1, 0.15) is 15.7 Å². The van der Waals surface area contributed by atoms with Crippen LogP contribution in [0.2, 0.25) is 0 Å². The van der Waals surface area contributed by atoms with Gasteiger partial charge in [-0.1, -0.05) is 0 Å². The quantitative estimate of drug-likeness (QED) is 0.801. The molecule has 2 N–H and O–H groups in total. The van der Waals surface area contributed by atoms with Gasteiger partial charge in [-0.2, -0.15) is 0 Å². The van der Waals surface area contributed by atoms with E-state index in [-0.39, 0.29) is 0 Å². The standard InChI is InChI=1S/C12H11N5S2/c1-7-11(9-6-18-10(4-13)17-9)19-12(16-7)8-5-14-2-3-15-8/h2-3,5-6H,4,13H2,1H3. The molecular formula is C12H11N5S2. The maximum Gasteiger partial charge on any atom is 0.144 e. The summed E-state index contributed by atoms with van der Waals surface area (Å²) in [5.74, 6) is 0. The zero-order valence-electron chi connectivity index (χ0n) is 10.2. The number of hydrogen-bond donors (Lipinski definition) is 1. The topological polar surface area (TPSA) is 77.6 Å². The Hall–Kier alpha value is -1.70. The molecule has 0 aliphatic rings. The van der Waals surface area contributed by atoms with Crippen LogP contribution in [0.25, 0.3) is 21.3 Å². The van der Waals surface area contributed by atoms with Crippen LogP contribution in [0.1, 0.15) is 10.7 Å². The Morgan fingerprint density at radius 2 is 2.11 bits per heavy atom. The molecule has 0 atom stereocenters. The number of nitrogens with zero attached hydrogens (tertiary/aromatic N) is 4. The van der Waals surface area contributed by atoms with Gasteiger partial charge in [0.25, 0.3) is 0 Å². The summed E-state index contributed by atoms with van der Waals surface area (Å²) in [5, 5.41) is 3.81. The van der Waals surface area contributed by atoms with Crippen LogP contribution in [0.15, 0.2) is 24.0 Å². The minimum absolute atomic E-state index is 0.472. The first-order valence-electron chi connectivity index (χ1n) is 5.66. The van der Waals surface area contributed by atoms with Gasteiger partial charge in [-0.3, -0.25) is 9.97 Å². The third-order valence-corrected chi connectivity index (χ3v) is 4.61. The molecular weight excluding hydrogens is 278 g/mol. The third kappa shape index (κ3) is 2.40. The van der Waals surface area contributed by atoms with Crippen molar-refractivity contribution in [2.45, 2.75) is 13.5 Å². The largest absolute Gasteiger partial charge is 0.325 e. The first-order chi connectivity index (χ1) is 9.28. The molecule has 0 saturated heterocycles. The lowest BCUT2D eigenvalue weighted by Crippen LogP contribution is -1.94. The van der Waals surface area contributed by atoms with E-state index in [1.807, 2.05) is 12.3 Å². The molecule has 96 valence electrons. The molecule has 19 heavy (non-hydrogen) atoms. The molecule has 3 aromatic rings. The summed E-state index contributed by atoms with van der Waals surface area (Å²) in [6.45, 7) is 2.45. The number of nitrogens with two attached hydrogens (primary N) is 1. The Labute approximate surface area is 118 Å². The SMILES string of the molecule is Cc1nc(-c2cnccn2)sc1-c1csc(CN)n1. The molecule has 0 radical (unpaired) electrons. The molecule has 0 spiro atoms. The number of aryl methyl sites for hydroxylation is 1. The Balaban J connectivity index is 2.02. The van der Waals surface area contributed by atoms with E-state index in [2.05, 4.69) is 19.9 Å². The average molecular weight is 289 g/mol. The van der Waals surface area contributed by atoms with Crippen molar-refractivity contribution in [2.24, 2.45) is 5.73 Å². The maximum absolute atomic E-state index is 5.59. The van der Waals surface area contributed by atoms with E-state index in [9.17, 15) is 0 Å². The highest BCUT2D eigenvalue weighted by molar-refractivity contribution is 7.18. The minimum Gasteiger partial charge on any atom is -0.325 e. The predicted molar refractivity (Wildman–Crippen MR) is 76.9 cm³/mol. The fourth-order valence-electron chi connectivity index (χ4n) is 1.66. The Kier molecular flexibility index (Phi) is 3.33. The van der Waals surface area contributed by atoms with E-state index in [4.69, 9.17) is 5.73 Å². The summed E-state index contributed by atoms with van der Waals surface area (Å²) < 4.78 is 0. The summed E-state index contributed by atoms with van der Waals surface area (Å²) in [5.41, 5.74) is 8.28. The Bertz CT molecular complexity index is 689. The molecule has 3 heterocycles. The van der Waals surface area contributed by atoms with E-state index >= 15 is 0 Å². The lowest BCUT2D eigenvalue weighted by atomic mass is 10.3. The van der Waals surface area contributed by atoms with E-state index in [1.54, 1.807) is 41.3 Å². The van der Waals surface area contributed by atoms with Crippen molar-refractivity contribution < 1.29 is 0 Å². The first-order valence-corrected chi connectivity index (χ1v) is 7.36. The van der Waals surface area contributed by atoms with Crippen LogP contribution < -0.4 is 5.73 Å². The van der Waals surface area contributed by atoms with Gasteiger partial charge in [-0.25, -0.2) is 9.97 Å². The molecule has 0 aliphatic carbocycles. The van der Waals surface area contributed by atoms with Crippen molar-refractivity contribution >= 4 is 22.7 Å². The monoisotopic (exact) mass is 289 g/mol. The van der Waals surface area contributed by atoms with Crippen LogP contribution in [0.3, 0.4) is 0 Å². The lowest BCUT2D eigenvalue weighted by molar-refractivity contribution is 1.04. The van der Waals surface area contributed by atoms with Crippen LogP contribution in [-0.4, -0.2) is 19.9 Å². The van der Waals surface area contributed by atoms with Crippen molar-refractivity contribution in [1.29, 1.82) is 0 Å². The maximum atomic E-state index is 5.59. The molecule has 0 fully saturated rings. The van der Waals surface area contributed by atoms with Crippen molar-refractivity contribution in [3.8, 4) is 21.3 Å². The molecule has 0 saturated carbocycles. The smallest absolute Gasteiger partial charge is 0.144 e. The van der Waals surface area contributed by atoms with Crippen LogP contribution in [0.5, 0.6) is 0 Å². The van der Waals surface area contributed by atoms with Gasteiger partial charge in [0.05, 0.1) is 22.5 Å². The molecule has 0 bridgehead atoms. The fourth-order valence-corrected chi connectivity index (χ4v) is 3.39. The minimum atomic E-state index is 0.472. The predicted octanol–water partition coefficient (Wildman–Crippen LogP) is 2.49. The van der Waals surface area contributed by atoms with Crippen molar-refractivity contribution in [2.75, 3.05) is 0 Å². The molecule has 3 rings (SSSR count). The van der Waals surface area contributed by atoms with Gasteiger partial charge in [-0.05, 0) is 6.92 Å². The molecule has 3 aromatic heterocycles. The number of rotatable bonds is 3. The van der Waals surface area contributed by atoms with E-state index in [1.165, 1.54) is 0 Å². The molecule has 0 aliphatic heterocycles. The van der Waals surface area contributed by atoms with Crippen LogP contribution in [0, 0.1) is 6.92 Å². The summed E-state index contributed by atoms with van der Waals surface area (Å²) >= 11 is 3.15. The van der Waals surface area contributed by atoms with Crippen molar-refractivity contribution in [3.05, 3.63) is 34.7 Å². The molecule has 5 nitrogen and oxygen atoms in total. The van der Waals surface area contributed by atoms with Crippen molar-refractivity contribution in [1.82, 2.24) is 19.9 Å². The average Bonchev–Trinajstić information content (AvgIpc) is 3.06. The Morgan fingerprint density at radius 1 is 1.21 bits per heavy atom. The van der Waals surface area contributed by atoms with Gasteiger partial charge in [0.15, 0.2) is 0 Å². The van der Waals surface area contributed by atoms with Gasteiger partial charge >= 0.3 is 0 Å². The summed E-state index contributed by atoms with van der Waals surface area (Å²) in [7, 11) is 0. The zero-order chi connectivity index (χ0) is 13.2. The molecule has 7 heteroatoms. The zero-order valence-corrected chi connectivity index (χ0v) is 11.8. The highest BCUT2D eigenvalue weighted by Gasteiger charge is 2.14. The highest BCUT2D eigenvalue weighted by Crippen LogP contribution is 2.34. The van der Waals surface area contributed by atoms with Crippen LogP contribution in [-0.2, 0) is 6.54 Å². The molecule has 0 aromatic carbocycles. The van der Waals surface area contributed by atoms with Gasteiger partial charge in [-0.15, -0.1) is 22.7 Å². The normalized spacial score (nSPS) is 10.8. The summed E-state index contributed by atoms with van der Waals surface area (Å²) in [6, 6.07) is 0. The van der Waals surface area contributed by atoms with Crippen molar-refractivity contribution in [3.63, 3.8) is 0 Å². The first kappa shape index (κ1) is 12.3. The second-order valence-corrected chi connectivity index (χ2v) is 5.80. The summed E-state index contributed by atoms with van der Waals surface area (Å²) in [4.78, 5) is 18.4. The number of aromatic nitrogens is 4. The Morgan fingerprint density at radius 3 is 2.79 bits per heavy atom. The van der Waals surface area contributed by atoms with Gasteiger partial charge < -0.3 is 5.73 Å². The number of thiazole rings is 2. The number of hydrogen-bond acceptors (Lipinski definition) is 7.